The average molecular weight is 343 g/mol. The van der Waals surface area contributed by atoms with E-state index in [1.165, 1.54) is 12.1 Å². The molecule has 0 saturated carbocycles. The van der Waals surface area contributed by atoms with Gasteiger partial charge >= 0.3 is 0 Å². The molecule has 1 atom stereocenters. The van der Waals surface area contributed by atoms with Crippen LogP contribution in [0.4, 0.5) is 4.39 Å². The van der Waals surface area contributed by atoms with Gasteiger partial charge in [0.25, 0.3) is 5.91 Å². The predicted molar refractivity (Wildman–Crippen MR) is 89.8 cm³/mol. The summed E-state index contributed by atoms with van der Waals surface area (Å²) in [7, 11) is 0. The number of carbonyl (C=O) groups is 1. The van der Waals surface area contributed by atoms with Crippen molar-refractivity contribution in [1.82, 2.24) is 21.1 Å². The Kier molecular flexibility index (Phi) is 3.89. The van der Waals surface area contributed by atoms with Crippen LogP contribution in [0.1, 0.15) is 12.5 Å². The summed E-state index contributed by atoms with van der Waals surface area (Å²) in [4.78, 5) is 17.0. The van der Waals surface area contributed by atoms with Gasteiger partial charge in [-0.05, 0) is 31.2 Å². The first-order valence-corrected chi connectivity index (χ1v) is 8.09. The molecule has 3 heterocycles. The Hall–Kier alpha value is -2.87. The normalized spacial score (nSPS) is 22.6. The summed E-state index contributed by atoms with van der Waals surface area (Å²) in [6.07, 6.45) is 3.33. The predicted octanol–water partition coefficient (Wildman–Crippen LogP) is 0.770. The minimum atomic E-state index is -0.337. The molecule has 0 aromatic heterocycles. The van der Waals surface area contributed by atoms with Crippen LogP contribution >= 0.6 is 0 Å². The zero-order valence-electron chi connectivity index (χ0n) is 13.7. The third-order valence-electron chi connectivity index (χ3n) is 4.18. The van der Waals surface area contributed by atoms with E-state index in [2.05, 4.69) is 21.1 Å². The standard InChI is InChI=1S/C17H18FN5O2/c1-10-7-20-17(24)13-9-21-23-5-4-15(22-16(13)23)19-8-11-6-12(18)2-3-14(11)25-10/h2-6,10,21H,7-9H2,1H3,(H,19,22)(H,20,24). The molecule has 1 unspecified atom stereocenters. The Morgan fingerprint density at radius 3 is 3.16 bits per heavy atom. The number of halogens is 1. The van der Waals surface area contributed by atoms with E-state index >= 15 is 0 Å². The van der Waals surface area contributed by atoms with E-state index in [0.29, 0.717) is 41.6 Å². The molecule has 3 aliphatic heterocycles. The fourth-order valence-electron chi connectivity index (χ4n) is 2.88. The lowest BCUT2D eigenvalue weighted by Crippen LogP contribution is -2.39. The van der Waals surface area contributed by atoms with Gasteiger partial charge in [-0.25, -0.2) is 9.82 Å². The average Bonchev–Trinajstić information content (AvgIpc) is 3.02. The van der Waals surface area contributed by atoms with Gasteiger partial charge in [0.05, 0.1) is 18.7 Å². The molecule has 130 valence electrons. The highest BCUT2D eigenvalue weighted by atomic mass is 19.1. The molecule has 25 heavy (non-hydrogen) atoms. The number of carbonyl (C=O) groups excluding carboxylic acids is 1. The minimum Gasteiger partial charge on any atom is -0.489 e. The second-order valence-corrected chi connectivity index (χ2v) is 6.06. The topological polar surface area (TPSA) is 78.0 Å². The third-order valence-corrected chi connectivity index (χ3v) is 4.18. The maximum atomic E-state index is 13.6. The van der Waals surface area contributed by atoms with Crippen LogP contribution in [0.5, 0.6) is 5.75 Å². The first-order chi connectivity index (χ1) is 12.1. The Balaban J connectivity index is 1.73. The van der Waals surface area contributed by atoms with Gasteiger partial charge in [-0.3, -0.25) is 14.8 Å². The fraction of sp³-hybridized carbons (Fsp3) is 0.294. The highest BCUT2D eigenvalue weighted by Crippen LogP contribution is 2.23. The van der Waals surface area contributed by atoms with Gasteiger partial charge in [-0.1, -0.05) is 0 Å². The molecular formula is C17H18FN5O2. The van der Waals surface area contributed by atoms with Crippen molar-refractivity contribution in [1.29, 1.82) is 0 Å². The first kappa shape index (κ1) is 15.6. The number of hydrazine groups is 1. The van der Waals surface area contributed by atoms with Crippen LogP contribution < -0.4 is 20.8 Å². The number of amidine groups is 1. The maximum Gasteiger partial charge on any atom is 0.252 e. The summed E-state index contributed by atoms with van der Waals surface area (Å²) in [5, 5.41) is 7.78. The van der Waals surface area contributed by atoms with Crippen LogP contribution in [0.3, 0.4) is 0 Å². The van der Waals surface area contributed by atoms with Gasteiger partial charge in [0.15, 0.2) is 0 Å². The lowest BCUT2D eigenvalue weighted by Gasteiger charge is -2.23. The Morgan fingerprint density at radius 1 is 1.40 bits per heavy atom. The molecule has 2 bridgehead atoms. The van der Waals surface area contributed by atoms with Gasteiger partial charge in [0.2, 0.25) is 0 Å². The van der Waals surface area contributed by atoms with E-state index in [-0.39, 0.29) is 24.4 Å². The molecule has 0 saturated heterocycles. The minimum absolute atomic E-state index is 0.166. The number of nitrogens with one attached hydrogen (secondary N) is 3. The largest absolute Gasteiger partial charge is 0.489 e. The van der Waals surface area contributed by atoms with E-state index in [4.69, 9.17) is 4.74 Å². The molecule has 0 radical (unpaired) electrons. The SMILES string of the molecule is CC1CNC(=O)C2=C3NC(=NCc4cc(F)ccc4O1)C=CN3NC2. The van der Waals surface area contributed by atoms with Crippen molar-refractivity contribution in [3.8, 4) is 5.75 Å². The maximum absolute atomic E-state index is 13.6. The van der Waals surface area contributed by atoms with E-state index < -0.39 is 0 Å². The van der Waals surface area contributed by atoms with Crippen molar-refractivity contribution in [3.05, 3.63) is 53.2 Å². The molecule has 7 nitrogen and oxygen atoms in total. The summed E-state index contributed by atoms with van der Waals surface area (Å²) < 4.78 is 19.5. The fourth-order valence-corrected chi connectivity index (χ4v) is 2.88. The number of benzene rings is 1. The van der Waals surface area contributed by atoms with E-state index in [1.807, 2.05) is 6.92 Å². The van der Waals surface area contributed by atoms with E-state index in [9.17, 15) is 9.18 Å². The van der Waals surface area contributed by atoms with Crippen molar-refractivity contribution < 1.29 is 13.9 Å². The molecule has 0 spiro atoms. The van der Waals surface area contributed by atoms with Crippen LogP contribution in [0.2, 0.25) is 0 Å². The second-order valence-electron chi connectivity index (χ2n) is 6.06. The van der Waals surface area contributed by atoms with Gasteiger partial charge in [0.1, 0.15) is 29.3 Å². The summed E-state index contributed by atoms with van der Waals surface area (Å²) in [5.41, 5.74) is 4.36. The summed E-state index contributed by atoms with van der Waals surface area (Å²) in [5.74, 6) is 1.32. The molecule has 1 amide bonds. The molecule has 3 N–H and O–H groups in total. The number of ether oxygens (including phenoxy) is 1. The summed E-state index contributed by atoms with van der Waals surface area (Å²) >= 11 is 0. The van der Waals surface area contributed by atoms with Crippen molar-refractivity contribution in [3.63, 3.8) is 0 Å². The van der Waals surface area contributed by atoms with Crippen LogP contribution in [0, 0.1) is 5.82 Å². The zero-order valence-corrected chi connectivity index (χ0v) is 13.7. The Bertz CT molecular complexity index is 817. The van der Waals surface area contributed by atoms with Crippen LogP contribution in [0.15, 0.2) is 46.9 Å². The Morgan fingerprint density at radius 2 is 2.28 bits per heavy atom. The Labute approximate surface area is 144 Å². The molecule has 1 aromatic carbocycles. The molecule has 0 fully saturated rings. The summed E-state index contributed by atoms with van der Waals surface area (Å²) in [6, 6.07) is 4.37. The molecule has 3 aliphatic rings. The monoisotopic (exact) mass is 343 g/mol. The van der Waals surface area contributed by atoms with Gasteiger partial charge < -0.3 is 15.4 Å². The number of fused-ring (bicyclic) bond motifs is 2. The number of hydrogen-bond acceptors (Lipinski definition) is 6. The third kappa shape index (κ3) is 3.08. The zero-order chi connectivity index (χ0) is 17.4. The van der Waals surface area contributed by atoms with Crippen LogP contribution in [-0.2, 0) is 11.3 Å². The van der Waals surface area contributed by atoms with Crippen molar-refractivity contribution in [2.24, 2.45) is 4.99 Å². The van der Waals surface area contributed by atoms with E-state index in [0.717, 1.165) is 0 Å². The highest BCUT2D eigenvalue weighted by molar-refractivity contribution is 5.99. The number of rotatable bonds is 0. The lowest BCUT2D eigenvalue weighted by atomic mass is 10.2. The second kappa shape index (κ2) is 6.21. The number of nitrogens with zero attached hydrogens (tertiary/aromatic N) is 2. The first-order valence-electron chi connectivity index (χ1n) is 8.09. The highest BCUT2D eigenvalue weighted by Gasteiger charge is 2.29. The van der Waals surface area contributed by atoms with Gasteiger partial charge in [-0.15, -0.1) is 0 Å². The number of hydrogen-bond donors (Lipinski definition) is 3. The van der Waals surface area contributed by atoms with E-state index in [1.54, 1.807) is 23.4 Å². The van der Waals surface area contributed by atoms with Crippen LogP contribution in [0.25, 0.3) is 0 Å². The molecule has 0 aliphatic carbocycles. The molecular weight excluding hydrogens is 325 g/mol. The van der Waals surface area contributed by atoms with Gasteiger partial charge in [0, 0.05) is 18.3 Å². The quantitative estimate of drug-likeness (QED) is 0.649. The van der Waals surface area contributed by atoms with Crippen molar-refractivity contribution in [2.45, 2.75) is 19.6 Å². The smallest absolute Gasteiger partial charge is 0.252 e. The van der Waals surface area contributed by atoms with Crippen LogP contribution in [-0.4, -0.2) is 35.9 Å². The van der Waals surface area contributed by atoms with Gasteiger partial charge in [-0.2, -0.15) is 0 Å². The molecule has 4 rings (SSSR count). The number of amides is 1. The number of aliphatic imine (C=N–C) groups is 1. The summed E-state index contributed by atoms with van der Waals surface area (Å²) in [6.45, 7) is 2.89. The van der Waals surface area contributed by atoms with Crippen molar-refractivity contribution in [2.75, 3.05) is 13.1 Å². The van der Waals surface area contributed by atoms with Crippen molar-refractivity contribution >= 4 is 11.7 Å². The molecule has 1 aromatic rings. The molecule has 8 heteroatoms. The lowest BCUT2D eigenvalue weighted by molar-refractivity contribution is -0.117.